The topological polar surface area (TPSA) is 0 Å². The van der Waals surface area contributed by atoms with Crippen LogP contribution in [0.1, 0.15) is 25.7 Å². The average molecular weight is 478 g/mol. The molecule has 34 heavy (non-hydrogen) atoms. The van der Waals surface area contributed by atoms with E-state index in [2.05, 4.69) is 0 Å². The second-order valence-corrected chi connectivity index (χ2v) is 9.17. The molecule has 0 N–H and O–H groups in total. The van der Waals surface area contributed by atoms with Gasteiger partial charge in [-0.1, -0.05) is 48.6 Å². The van der Waals surface area contributed by atoms with E-state index in [0.29, 0.717) is 24.3 Å². The molecule has 0 aromatic rings. The van der Waals surface area contributed by atoms with Crippen molar-refractivity contribution in [2.75, 3.05) is 0 Å². The Bertz CT molecular complexity index is 929. The van der Waals surface area contributed by atoms with E-state index in [0.717, 1.165) is 48.6 Å². The van der Waals surface area contributed by atoms with E-state index in [1.165, 1.54) is 0 Å². The quantitative estimate of drug-likeness (QED) is 0.407. The van der Waals surface area contributed by atoms with Crippen LogP contribution in [0.3, 0.4) is 0 Å². The molecule has 10 heteroatoms. The molecule has 4 aliphatic carbocycles. The van der Waals surface area contributed by atoms with Gasteiger partial charge in [0.25, 0.3) is 0 Å². The van der Waals surface area contributed by atoms with Gasteiger partial charge in [-0.05, 0) is 24.3 Å². The van der Waals surface area contributed by atoms with Gasteiger partial charge in [0.05, 0.1) is 23.3 Å². The minimum absolute atomic E-state index is 0. The Morgan fingerprint density at radius 2 is 0.676 bits per heavy atom. The van der Waals surface area contributed by atoms with E-state index in [1.54, 1.807) is 0 Å². The van der Waals surface area contributed by atoms with Crippen molar-refractivity contribution in [2.24, 2.45) is 0 Å². The Kier molecular flexibility index (Phi) is 6.98. The summed E-state index contributed by atoms with van der Waals surface area (Å²) < 4.78 is 126. The molecule has 0 heterocycles. The van der Waals surface area contributed by atoms with E-state index >= 15 is 17.6 Å². The predicted molar refractivity (Wildman–Crippen MR) is 113 cm³/mol. The number of allylic oxidation sites excluding steroid dienone is 16. The summed E-state index contributed by atoms with van der Waals surface area (Å²) in [5.74, 6) is -4.59. The maximum atomic E-state index is 17.0. The fraction of sp³-hybridized carbons (Fsp3) is 0.333. The van der Waals surface area contributed by atoms with Crippen LogP contribution < -0.4 is 18.9 Å². The Morgan fingerprint density at radius 3 is 0.853 bits per heavy atom. The van der Waals surface area contributed by atoms with Crippen molar-refractivity contribution in [2.45, 2.75) is 48.0 Å². The zero-order valence-electron chi connectivity index (χ0n) is 18.4. The number of hydrogen-bond donors (Lipinski definition) is 0. The van der Waals surface area contributed by atoms with E-state index in [4.69, 9.17) is 0 Å². The molecule has 0 spiro atoms. The SMILES string of the molecule is FC1=CC=CC(F)([B-](C2(F)C=CC=C(F)C2)(C2(F)C=CC=C(F)C2)C2(F)C=CC=C(F)C2)C1.[Li+]. The number of hydrogen-bond acceptors (Lipinski definition) is 0. The van der Waals surface area contributed by atoms with Crippen LogP contribution in [-0.2, 0) is 0 Å². The van der Waals surface area contributed by atoms with Gasteiger partial charge < -0.3 is 0 Å². The van der Waals surface area contributed by atoms with E-state index in [9.17, 15) is 17.6 Å². The zero-order chi connectivity index (χ0) is 24.1. The molecule has 4 unspecified atom stereocenters. The molecule has 0 bridgehead atoms. The molecule has 0 amide bonds. The number of halogens is 8. The van der Waals surface area contributed by atoms with Crippen molar-refractivity contribution >= 4 is 6.15 Å². The fourth-order valence-electron chi connectivity index (χ4n) is 6.34. The van der Waals surface area contributed by atoms with Crippen molar-refractivity contribution < 1.29 is 54.0 Å². The molecule has 0 aromatic heterocycles. The first-order chi connectivity index (χ1) is 15.4. The fourth-order valence-corrected chi connectivity index (χ4v) is 6.34. The summed E-state index contributed by atoms with van der Waals surface area (Å²) in [6.45, 7) is 0. The van der Waals surface area contributed by atoms with Crippen molar-refractivity contribution in [3.05, 3.63) is 96.2 Å². The third-order valence-corrected chi connectivity index (χ3v) is 7.24. The van der Waals surface area contributed by atoms with Gasteiger partial charge in [-0.15, -0.1) is 0 Å². The third-order valence-electron chi connectivity index (χ3n) is 7.24. The van der Waals surface area contributed by atoms with Crippen LogP contribution in [0.4, 0.5) is 35.1 Å². The van der Waals surface area contributed by atoms with E-state index in [1.807, 2.05) is 0 Å². The van der Waals surface area contributed by atoms with Gasteiger partial charge in [-0.25, -0.2) is 17.6 Å². The first-order valence-corrected chi connectivity index (χ1v) is 10.5. The molecule has 0 aliphatic heterocycles. The summed E-state index contributed by atoms with van der Waals surface area (Å²) in [5, 5.41) is 0. The van der Waals surface area contributed by atoms with Crippen LogP contribution in [0, 0.1) is 0 Å². The first-order valence-electron chi connectivity index (χ1n) is 10.5. The molecule has 176 valence electrons. The summed E-state index contributed by atoms with van der Waals surface area (Å²) in [5.41, 5.74) is -13.8. The van der Waals surface area contributed by atoms with Crippen LogP contribution in [0.5, 0.6) is 0 Å². The van der Waals surface area contributed by atoms with Gasteiger partial charge in [-0.2, -0.15) is 0 Å². The Hall–Kier alpha value is -1.98. The van der Waals surface area contributed by atoms with Crippen LogP contribution in [0.2, 0.25) is 0 Å². The maximum absolute atomic E-state index is 17.0. The van der Waals surface area contributed by atoms with Gasteiger partial charge in [-0.3, -0.25) is 17.6 Å². The third kappa shape index (κ3) is 3.76. The molecule has 0 saturated heterocycles. The summed E-state index contributed by atoms with van der Waals surface area (Å²) >= 11 is 0. The molecule has 4 atom stereocenters. The minimum atomic E-state index is -4.72. The number of rotatable bonds is 4. The van der Waals surface area contributed by atoms with E-state index in [-0.39, 0.29) is 18.9 Å². The second kappa shape index (κ2) is 8.91. The maximum Gasteiger partial charge on any atom is 1.00 e. The second-order valence-electron chi connectivity index (χ2n) is 9.17. The van der Waals surface area contributed by atoms with Crippen LogP contribution in [-0.4, -0.2) is 28.4 Å². The van der Waals surface area contributed by atoms with Gasteiger partial charge in [0.1, 0.15) is 0 Å². The molecule has 0 saturated carbocycles. The van der Waals surface area contributed by atoms with Gasteiger partial charge >= 0.3 is 18.9 Å². The Morgan fingerprint density at radius 1 is 0.471 bits per heavy atom. The summed E-state index contributed by atoms with van der Waals surface area (Å²) in [7, 11) is 0. The largest absolute Gasteiger partial charge is 1.00 e. The Balaban J connectivity index is 0.00000324. The first kappa shape index (κ1) is 26.6. The molecular formula is C24H20BF8Li. The minimum Gasteiger partial charge on any atom is -0.281 e. The summed E-state index contributed by atoms with van der Waals surface area (Å²) in [6, 6.07) is 0. The van der Waals surface area contributed by atoms with Gasteiger partial charge in [0.15, 0.2) is 6.15 Å². The summed E-state index contributed by atoms with van der Waals surface area (Å²) in [6.07, 6.45) is -0.745. The van der Waals surface area contributed by atoms with Crippen LogP contribution >= 0.6 is 0 Å². The standard InChI is InChI=1S/C24H20BF8.Li/c26-17-5-1-9-21(30,13-17)25(22(31)10-2-6-18(27)14-22,23(32)11-3-7-19(28)15-23)24(33)12-4-8-20(29)16-24;/h1-12H,13-16H2;/q-1;+1. The molecule has 0 fully saturated rings. The average Bonchev–Trinajstić information content (AvgIpc) is 2.66. The van der Waals surface area contributed by atoms with Crippen molar-refractivity contribution in [1.29, 1.82) is 0 Å². The smallest absolute Gasteiger partial charge is 0.281 e. The molecular weight excluding hydrogens is 458 g/mol. The molecule has 4 aliphatic rings. The number of alkyl halides is 4. The predicted octanol–water partition coefficient (Wildman–Crippen LogP) is 4.68. The van der Waals surface area contributed by atoms with E-state index < -0.39 is 77.4 Å². The van der Waals surface area contributed by atoms with Crippen LogP contribution in [0.15, 0.2) is 96.2 Å². The molecule has 0 nitrogen and oxygen atoms in total. The monoisotopic (exact) mass is 478 g/mol. The van der Waals surface area contributed by atoms with Crippen molar-refractivity contribution in [3.8, 4) is 0 Å². The van der Waals surface area contributed by atoms with Gasteiger partial charge in [0, 0.05) is 48.0 Å². The van der Waals surface area contributed by atoms with Crippen LogP contribution in [0.25, 0.3) is 0 Å². The molecule has 4 rings (SSSR count). The zero-order valence-corrected chi connectivity index (χ0v) is 18.4. The van der Waals surface area contributed by atoms with Gasteiger partial charge in [0.2, 0.25) is 0 Å². The normalized spacial score (nSPS) is 38.8. The summed E-state index contributed by atoms with van der Waals surface area (Å²) in [4.78, 5) is 0. The Labute approximate surface area is 204 Å². The molecule has 0 radical (unpaired) electrons. The van der Waals surface area contributed by atoms with Crippen molar-refractivity contribution in [1.82, 2.24) is 0 Å². The molecule has 0 aromatic carbocycles. The van der Waals surface area contributed by atoms with Crippen molar-refractivity contribution in [3.63, 3.8) is 0 Å².